The maximum Gasteiger partial charge on any atom is 0.0881 e. The van der Waals surface area contributed by atoms with Crippen LogP contribution in [-0.4, -0.2) is 15.8 Å². The first-order valence-corrected chi connectivity index (χ1v) is 6.93. The zero-order chi connectivity index (χ0) is 12.0. The van der Waals surface area contributed by atoms with Crippen molar-refractivity contribution >= 4 is 5.69 Å². The van der Waals surface area contributed by atoms with Crippen LogP contribution in [0.15, 0.2) is 6.20 Å². The highest BCUT2D eigenvalue weighted by atomic mass is 15.3. The lowest BCUT2D eigenvalue weighted by Gasteiger charge is -2.24. The first-order chi connectivity index (χ1) is 8.13. The number of aromatic nitrogens is 2. The number of aryl methyl sites for hydroxylation is 1. The van der Waals surface area contributed by atoms with Crippen LogP contribution < -0.4 is 5.32 Å². The maximum atomic E-state index is 4.57. The van der Waals surface area contributed by atoms with E-state index in [-0.39, 0.29) is 0 Å². The highest BCUT2D eigenvalue weighted by molar-refractivity contribution is 5.49. The number of nitrogens with zero attached hydrogens (tertiary/aromatic N) is 2. The Kier molecular flexibility index (Phi) is 2.64. The van der Waals surface area contributed by atoms with Gasteiger partial charge in [0.15, 0.2) is 0 Å². The molecule has 3 atom stereocenters. The van der Waals surface area contributed by atoms with Crippen LogP contribution in [0.25, 0.3) is 0 Å². The van der Waals surface area contributed by atoms with Gasteiger partial charge in [0.25, 0.3) is 0 Å². The Morgan fingerprint density at radius 2 is 2.18 bits per heavy atom. The molecule has 3 nitrogen and oxygen atoms in total. The lowest BCUT2D eigenvalue weighted by Crippen LogP contribution is -2.26. The molecular formula is C14H23N3. The van der Waals surface area contributed by atoms with Crippen molar-refractivity contribution in [2.24, 2.45) is 18.9 Å². The average molecular weight is 233 g/mol. The van der Waals surface area contributed by atoms with E-state index >= 15 is 0 Å². The molecule has 0 aliphatic heterocycles. The van der Waals surface area contributed by atoms with Gasteiger partial charge >= 0.3 is 0 Å². The predicted octanol–water partition coefficient (Wildman–Crippen LogP) is 3.14. The minimum atomic E-state index is 0.497. The molecule has 1 aromatic heterocycles. The summed E-state index contributed by atoms with van der Waals surface area (Å²) in [6, 6.07) is 0.704. The van der Waals surface area contributed by atoms with Gasteiger partial charge in [-0.25, -0.2) is 0 Å². The Morgan fingerprint density at radius 1 is 1.35 bits per heavy atom. The summed E-state index contributed by atoms with van der Waals surface area (Å²) in [4.78, 5) is 0. The summed E-state index contributed by atoms with van der Waals surface area (Å²) in [5, 5.41) is 8.33. The second-order valence-corrected chi connectivity index (χ2v) is 6.18. The summed E-state index contributed by atoms with van der Waals surface area (Å²) in [6.45, 7) is 4.43. The second kappa shape index (κ2) is 4.04. The molecule has 0 aromatic carbocycles. The Balaban J connectivity index is 1.76. The molecule has 1 aromatic rings. The summed E-state index contributed by atoms with van der Waals surface area (Å²) < 4.78 is 1.94. The van der Waals surface area contributed by atoms with Crippen LogP contribution in [-0.2, 0) is 7.05 Å². The monoisotopic (exact) mass is 233 g/mol. The van der Waals surface area contributed by atoms with Crippen molar-refractivity contribution in [1.29, 1.82) is 0 Å². The van der Waals surface area contributed by atoms with Crippen LogP contribution in [0.1, 0.15) is 51.1 Å². The average Bonchev–Trinajstić information content (AvgIpc) is 2.93. The molecule has 1 N–H and O–H groups in total. The fraction of sp³-hybridized carbons (Fsp3) is 0.786. The molecule has 2 aliphatic carbocycles. The van der Waals surface area contributed by atoms with E-state index in [4.69, 9.17) is 0 Å². The molecule has 0 saturated heterocycles. The van der Waals surface area contributed by atoms with E-state index in [9.17, 15) is 0 Å². The van der Waals surface area contributed by atoms with Gasteiger partial charge in [0.2, 0.25) is 0 Å². The lowest BCUT2D eigenvalue weighted by molar-refractivity contribution is 0.439. The van der Waals surface area contributed by atoms with Crippen LogP contribution >= 0.6 is 0 Å². The normalized spacial score (nSPS) is 31.4. The molecule has 2 fully saturated rings. The van der Waals surface area contributed by atoms with Gasteiger partial charge < -0.3 is 5.32 Å². The molecule has 3 heteroatoms. The van der Waals surface area contributed by atoms with Crippen molar-refractivity contribution in [3.05, 3.63) is 11.9 Å². The molecule has 3 rings (SSSR count). The molecule has 1 heterocycles. The van der Waals surface area contributed by atoms with Crippen LogP contribution in [0.3, 0.4) is 0 Å². The van der Waals surface area contributed by atoms with E-state index in [1.165, 1.54) is 37.1 Å². The van der Waals surface area contributed by atoms with E-state index in [0.29, 0.717) is 12.0 Å². The van der Waals surface area contributed by atoms with Gasteiger partial charge in [-0.15, -0.1) is 0 Å². The zero-order valence-electron chi connectivity index (χ0n) is 11.1. The van der Waals surface area contributed by atoms with Crippen molar-refractivity contribution in [2.75, 3.05) is 5.32 Å². The van der Waals surface area contributed by atoms with E-state index in [1.807, 2.05) is 11.7 Å². The smallest absolute Gasteiger partial charge is 0.0881 e. The van der Waals surface area contributed by atoms with Gasteiger partial charge in [-0.2, -0.15) is 5.10 Å². The van der Waals surface area contributed by atoms with E-state index in [2.05, 4.69) is 30.5 Å². The van der Waals surface area contributed by atoms with Crippen molar-refractivity contribution in [3.8, 4) is 0 Å². The molecule has 0 spiro atoms. The van der Waals surface area contributed by atoms with Gasteiger partial charge in [0.05, 0.1) is 11.4 Å². The summed E-state index contributed by atoms with van der Waals surface area (Å²) in [5.74, 6) is 2.41. The van der Waals surface area contributed by atoms with Crippen molar-refractivity contribution < 1.29 is 0 Å². The fourth-order valence-corrected chi connectivity index (χ4v) is 3.66. The largest absolute Gasteiger partial charge is 0.379 e. The van der Waals surface area contributed by atoms with Gasteiger partial charge in [-0.1, -0.05) is 20.3 Å². The molecule has 94 valence electrons. The molecule has 17 heavy (non-hydrogen) atoms. The number of fused-ring (bicyclic) bond motifs is 2. The summed E-state index contributed by atoms with van der Waals surface area (Å²) in [5.41, 5.74) is 2.48. The first kappa shape index (κ1) is 11.1. The zero-order valence-corrected chi connectivity index (χ0v) is 11.1. The van der Waals surface area contributed by atoms with Gasteiger partial charge in [-0.3, -0.25) is 4.68 Å². The topological polar surface area (TPSA) is 29.9 Å². The SMILES string of the molecule is CC(C)c1nn(C)cc1NC1CC2CCC1C2. The minimum Gasteiger partial charge on any atom is -0.379 e. The van der Waals surface area contributed by atoms with Gasteiger partial charge in [0, 0.05) is 19.3 Å². The van der Waals surface area contributed by atoms with Crippen LogP contribution in [0.4, 0.5) is 5.69 Å². The number of hydrogen-bond donors (Lipinski definition) is 1. The summed E-state index contributed by atoms with van der Waals surface area (Å²) >= 11 is 0. The lowest BCUT2D eigenvalue weighted by atomic mass is 9.95. The van der Waals surface area contributed by atoms with Crippen LogP contribution in [0, 0.1) is 11.8 Å². The third kappa shape index (κ3) is 1.96. The standard InChI is InChI=1S/C14H23N3/c1-9(2)14-13(8-17(3)16-14)15-12-7-10-4-5-11(12)6-10/h8-12,15H,4-7H2,1-3H3. The van der Waals surface area contributed by atoms with E-state index in [1.54, 1.807) is 0 Å². The third-order valence-corrected chi connectivity index (χ3v) is 4.48. The molecule has 3 unspecified atom stereocenters. The maximum absolute atomic E-state index is 4.57. The second-order valence-electron chi connectivity index (χ2n) is 6.18. The number of anilines is 1. The van der Waals surface area contributed by atoms with Crippen LogP contribution in [0.5, 0.6) is 0 Å². The predicted molar refractivity (Wildman–Crippen MR) is 70.2 cm³/mol. The van der Waals surface area contributed by atoms with Crippen molar-refractivity contribution in [2.45, 2.75) is 51.5 Å². The fourth-order valence-electron chi connectivity index (χ4n) is 3.66. The van der Waals surface area contributed by atoms with Gasteiger partial charge in [0.1, 0.15) is 0 Å². The van der Waals surface area contributed by atoms with Crippen molar-refractivity contribution in [1.82, 2.24) is 9.78 Å². The first-order valence-electron chi connectivity index (χ1n) is 6.93. The van der Waals surface area contributed by atoms with Crippen molar-refractivity contribution in [3.63, 3.8) is 0 Å². The Hall–Kier alpha value is -0.990. The minimum absolute atomic E-state index is 0.497. The molecular weight excluding hydrogens is 210 g/mol. The number of hydrogen-bond acceptors (Lipinski definition) is 2. The Labute approximate surface area is 104 Å². The molecule has 2 saturated carbocycles. The Bertz CT molecular complexity index is 408. The number of rotatable bonds is 3. The summed E-state index contributed by atoms with van der Waals surface area (Å²) in [6.07, 6.45) is 7.86. The Morgan fingerprint density at radius 3 is 2.76 bits per heavy atom. The van der Waals surface area contributed by atoms with Crippen LogP contribution in [0.2, 0.25) is 0 Å². The highest BCUT2D eigenvalue weighted by Crippen LogP contribution is 2.45. The molecule has 2 aliphatic rings. The quantitative estimate of drug-likeness (QED) is 0.869. The summed E-state index contributed by atoms with van der Waals surface area (Å²) in [7, 11) is 2.01. The van der Waals surface area contributed by atoms with E-state index in [0.717, 1.165) is 11.8 Å². The molecule has 0 amide bonds. The van der Waals surface area contributed by atoms with Gasteiger partial charge in [-0.05, 0) is 37.0 Å². The third-order valence-electron chi connectivity index (χ3n) is 4.48. The molecule has 0 radical (unpaired) electrons. The molecule has 2 bridgehead atoms. The van der Waals surface area contributed by atoms with E-state index < -0.39 is 0 Å². The number of nitrogens with one attached hydrogen (secondary N) is 1. The highest BCUT2D eigenvalue weighted by Gasteiger charge is 2.39.